The number of anilines is 2. The van der Waals surface area contributed by atoms with Gasteiger partial charge in [0.25, 0.3) is 0 Å². The van der Waals surface area contributed by atoms with Gasteiger partial charge in [0, 0.05) is 47.7 Å². The predicted octanol–water partition coefficient (Wildman–Crippen LogP) is 5.25. The van der Waals surface area contributed by atoms with Crippen LogP contribution in [-0.2, 0) is 11.2 Å². The molecule has 4 rings (SSSR count). The summed E-state index contributed by atoms with van der Waals surface area (Å²) in [7, 11) is 0. The summed E-state index contributed by atoms with van der Waals surface area (Å²) in [5, 5.41) is 4.75. The van der Waals surface area contributed by atoms with Gasteiger partial charge in [-0.3, -0.25) is 4.79 Å². The highest BCUT2D eigenvalue weighted by molar-refractivity contribution is 7.09. The molecule has 5 nitrogen and oxygen atoms in total. The van der Waals surface area contributed by atoms with Crippen molar-refractivity contribution in [1.82, 2.24) is 9.36 Å². The number of carbonyl (C=O) groups excluding carboxylic acids is 1. The van der Waals surface area contributed by atoms with Crippen molar-refractivity contribution < 1.29 is 4.79 Å². The third-order valence-electron chi connectivity index (χ3n) is 5.64. The number of benzene rings is 2. The lowest BCUT2D eigenvalue weighted by Crippen LogP contribution is -2.38. The van der Waals surface area contributed by atoms with E-state index in [1.54, 1.807) is 0 Å². The number of nitrogens with one attached hydrogen (secondary N) is 1. The summed E-state index contributed by atoms with van der Waals surface area (Å²) in [6.07, 6.45) is 2.34. The summed E-state index contributed by atoms with van der Waals surface area (Å²) in [6.45, 7) is 5.78. The minimum absolute atomic E-state index is 0.0318. The highest BCUT2D eigenvalue weighted by Crippen LogP contribution is 2.26. The van der Waals surface area contributed by atoms with Crippen molar-refractivity contribution in [1.29, 1.82) is 0 Å². The Kier molecular flexibility index (Phi) is 6.35. The average Bonchev–Trinajstić information content (AvgIpc) is 3.21. The lowest BCUT2D eigenvalue weighted by molar-refractivity contribution is -0.120. The van der Waals surface area contributed by atoms with Gasteiger partial charge >= 0.3 is 0 Å². The van der Waals surface area contributed by atoms with Gasteiger partial charge in [0.1, 0.15) is 5.82 Å². The van der Waals surface area contributed by atoms with Crippen LogP contribution in [0.15, 0.2) is 42.5 Å². The third-order valence-corrected chi connectivity index (χ3v) is 6.71. The normalized spacial score (nSPS) is 14.7. The highest BCUT2D eigenvalue weighted by Gasteiger charge is 2.26. The van der Waals surface area contributed by atoms with Crippen LogP contribution in [0.2, 0.25) is 5.02 Å². The van der Waals surface area contributed by atoms with Gasteiger partial charge in [-0.25, -0.2) is 4.98 Å². The zero-order valence-corrected chi connectivity index (χ0v) is 18.8. The van der Waals surface area contributed by atoms with Gasteiger partial charge in [-0.1, -0.05) is 29.8 Å². The Hall–Kier alpha value is -2.44. The van der Waals surface area contributed by atoms with Crippen LogP contribution in [0.3, 0.4) is 0 Å². The molecule has 1 saturated heterocycles. The maximum absolute atomic E-state index is 12.7. The molecular weight excluding hydrogens is 416 g/mol. The molecule has 0 unspecified atom stereocenters. The molecule has 3 aromatic rings. The van der Waals surface area contributed by atoms with Crippen molar-refractivity contribution in [2.75, 3.05) is 23.3 Å². The van der Waals surface area contributed by atoms with Crippen LogP contribution >= 0.6 is 23.1 Å². The van der Waals surface area contributed by atoms with E-state index >= 15 is 0 Å². The lowest BCUT2D eigenvalue weighted by atomic mass is 9.96. The number of halogens is 1. The van der Waals surface area contributed by atoms with E-state index in [1.165, 1.54) is 22.7 Å². The molecule has 1 aliphatic rings. The Morgan fingerprint density at radius 1 is 1.13 bits per heavy atom. The quantitative estimate of drug-likeness (QED) is 0.588. The molecule has 0 aliphatic carbocycles. The van der Waals surface area contributed by atoms with Crippen molar-refractivity contribution in [2.24, 2.45) is 5.92 Å². The van der Waals surface area contributed by atoms with E-state index in [2.05, 4.69) is 28.4 Å². The van der Waals surface area contributed by atoms with Gasteiger partial charge in [0.15, 0.2) is 0 Å². The fraction of sp³-hybridized carbons (Fsp3) is 0.348. The number of nitrogens with zero attached hydrogens (tertiary/aromatic N) is 3. The van der Waals surface area contributed by atoms with Crippen LogP contribution in [0.25, 0.3) is 0 Å². The lowest BCUT2D eigenvalue weighted by Gasteiger charge is -2.30. The van der Waals surface area contributed by atoms with E-state index in [0.29, 0.717) is 6.42 Å². The first-order valence-corrected chi connectivity index (χ1v) is 11.3. The molecule has 0 bridgehead atoms. The van der Waals surface area contributed by atoms with Gasteiger partial charge in [-0.15, -0.1) is 0 Å². The van der Waals surface area contributed by atoms with Crippen LogP contribution in [-0.4, -0.2) is 28.4 Å². The predicted molar refractivity (Wildman–Crippen MR) is 124 cm³/mol. The largest absolute Gasteiger partial charge is 0.347 e. The molecule has 1 aromatic heterocycles. The number of carbonyl (C=O) groups is 1. The molecule has 1 aliphatic heterocycles. The van der Waals surface area contributed by atoms with Crippen LogP contribution in [0, 0.1) is 19.8 Å². The topological polar surface area (TPSA) is 58.1 Å². The highest BCUT2D eigenvalue weighted by atomic mass is 35.5. The SMILES string of the molecule is Cc1ccc(NC(=O)C2CCN(c3nc(Cc4ccc(Cl)cc4)ns3)CC2)cc1C. The van der Waals surface area contributed by atoms with E-state index in [4.69, 9.17) is 16.6 Å². The maximum Gasteiger partial charge on any atom is 0.227 e. The Morgan fingerprint density at radius 2 is 1.87 bits per heavy atom. The Morgan fingerprint density at radius 3 is 2.57 bits per heavy atom. The summed E-state index contributed by atoms with van der Waals surface area (Å²) in [5.74, 6) is 0.967. The molecule has 156 valence electrons. The summed E-state index contributed by atoms with van der Waals surface area (Å²) < 4.78 is 4.51. The minimum Gasteiger partial charge on any atom is -0.347 e. The Labute approximate surface area is 186 Å². The molecule has 0 spiro atoms. The maximum atomic E-state index is 12.7. The second-order valence-corrected chi connectivity index (χ2v) is 9.01. The molecule has 2 aromatic carbocycles. The van der Waals surface area contributed by atoms with Crippen LogP contribution in [0.4, 0.5) is 10.8 Å². The van der Waals surface area contributed by atoms with Gasteiger partial charge in [0.05, 0.1) is 0 Å². The van der Waals surface area contributed by atoms with Crippen LogP contribution in [0.5, 0.6) is 0 Å². The second kappa shape index (κ2) is 9.14. The number of aromatic nitrogens is 2. The van der Waals surface area contributed by atoms with Crippen LogP contribution < -0.4 is 10.2 Å². The molecule has 1 amide bonds. The van der Waals surface area contributed by atoms with E-state index in [-0.39, 0.29) is 11.8 Å². The zero-order chi connectivity index (χ0) is 21.1. The number of aryl methyl sites for hydroxylation is 2. The van der Waals surface area contributed by atoms with E-state index in [0.717, 1.165) is 53.2 Å². The summed E-state index contributed by atoms with van der Waals surface area (Å²) in [6, 6.07) is 13.8. The molecule has 30 heavy (non-hydrogen) atoms. The van der Waals surface area contributed by atoms with Gasteiger partial charge in [0.2, 0.25) is 11.0 Å². The van der Waals surface area contributed by atoms with Crippen molar-refractivity contribution in [3.8, 4) is 0 Å². The Bertz CT molecular complexity index is 1030. The fourth-order valence-corrected chi connectivity index (χ4v) is 4.49. The van der Waals surface area contributed by atoms with Crippen LogP contribution in [0.1, 0.15) is 35.4 Å². The van der Waals surface area contributed by atoms with Crippen molar-refractivity contribution in [3.63, 3.8) is 0 Å². The smallest absolute Gasteiger partial charge is 0.227 e. The van der Waals surface area contributed by atoms with E-state index < -0.39 is 0 Å². The van der Waals surface area contributed by atoms with E-state index in [9.17, 15) is 4.79 Å². The fourth-order valence-electron chi connectivity index (χ4n) is 3.63. The number of piperidine rings is 1. The van der Waals surface area contributed by atoms with Gasteiger partial charge < -0.3 is 10.2 Å². The molecule has 0 saturated carbocycles. The monoisotopic (exact) mass is 440 g/mol. The molecule has 1 N–H and O–H groups in total. The third kappa shape index (κ3) is 4.99. The number of amides is 1. The zero-order valence-electron chi connectivity index (χ0n) is 17.2. The molecular formula is C23H25ClN4OS. The Balaban J connectivity index is 1.31. The van der Waals surface area contributed by atoms with E-state index in [1.807, 2.05) is 42.5 Å². The molecule has 1 fully saturated rings. The standard InChI is InChI=1S/C23H25ClN4OS/c1-15-3-8-20(13-16(15)2)25-22(29)18-9-11-28(12-10-18)23-26-21(27-30-23)14-17-4-6-19(24)7-5-17/h3-8,13,18H,9-12,14H2,1-2H3,(H,25,29). The number of rotatable bonds is 5. The second-order valence-electron chi connectivity index (χ2n) is 7.85. The van der Waals surface area contributed by atoms with Crippen molar-refractivity contribution in [3.05, 3.63) is 70.0 Å². The first-order chi connectivity index (χ1) is 14.5. The first-order valence-electron chi connectivity index (χ1n) is 10.2. The summed E-state index contributed by atoms with van der Waals surface area (Å²) in [4.78, 5) is 19.6. The number of hydrogen-bond donors (Lipinski definition) is 1. The summed E-state index contributed by atoms with van der Waals surface area (Å²) in [5.41, 5.74) is 4.44. The summed E-state index contributed by atoms with van der Waals surface area (Å²) >= 11 is 7.38. The number of hydrogen-bond acceptors (Lipinski definition) is 5. The first kappa shape index (κ1) is 20.8. The van der Waals surface area contributed by atoms with Crippen molar-refractivity contribution in [2.45, 2.75) is 33.1 Å². The van der Waals surface area contributed by atoms with Crippen molar-refractivity contribution >= 4 is 39.9 Å². The van der Waals surface area contributed by atoms with Gasteiger partial charge in [-0.05, 0) is 67.6 Å². The molecule has 0 radical (unpaired) electrons. The molecule has 2 heterocycles. The molecule has 0 atom stereocenters. The molecule has 7 heteroatoms. The van der Waals surface area contributed by atoms with Gasteiger partial charge in [-0.2, -0.15) is 4.37 Å². The average molecular weight is 441 g/mol. The minimum atomic E-state index is 0.0318.